The molecule has 1 aliphatic carbocycles. The Kier molecular flexibility index (Phi) is 3.29. The van der Waals surface area contributed by atoms with Gasteiger partial charge < -0.3 is 14.6 Å². The Morgan fingerprint density at radius 3 is 2.58 bits per heavy atom. The van der Waals surface area contributed by atoms with Crippen molar-refractivity contribution in [3.63, 3.8) is 0 Å². The zero-order chi connectivity index (χ0) is 17.1. The lowest BCUT2D eigenvalue weighted by Gasteiger charge is -2.30. The average Bonchev–Trinajstić information content (AvgIpc) is 3.25. The number of β-amino-alcohol motifs (C(OH)–C–C–N with tert-alkyl or cyclic N) is 1. The molecular formula is C19H25N3O2. The number of hydrogen-bond donors (Lipinski definition) is 1. The minimum atomic E-state index is -0.848. The molecule has 2 fully saturated rings. The van der Waals surface area contributed by atoms with Crippen LogP contribution in [0.5, 0.6) is 0 Å². The van der Waals surface area contributed by atoms with E-state index >= 15 is 0 Å². The lowest BCUT2D eigenvalue weighted by molar-refractivity contribution is -0.131. The molecule has 1 N–H and O–H groups in total. The van der Waals surface area contributed by atoms with E-state index in [-0.39, 0.29) is 11.3 Å². The number of carbonyl (C=O) groups excluding carboxylic acids is 1. The van der Waals surface area contributed by atoms with E-state index in [1.54, 1.807) is 4.90 Å². The number of benzene rings is 1. The van der Waals surface area contributed by atoms with Crippen LogP contribution in [0.25, 0.3) is 11.0 Å². The normalized spacial score (nSPS) is 26.2. The fraction of sp³-hybridized carbons (Fsp3) is 0.579. The van der Waals surface area contributed by atoms with Crippen molar-refractivity contribution in [2.24, 2.45) is 5.41 Å². The molecule has 1 unspecified atom stereocenters. The quantitative estimate of drug-likeness (QED) is 0.942. The second kappa shape index (κ2) is 5.06. The van der Waals surface area contributed by atoms with Crippen molar-refractivity contribution in [1.82, 2.24) is 14.5 Å². The van der Waals surface area contributed by atoms with Crippen LogP contribution in [0.15, 0.2) is 24.3 Å². The fourth-order valence-corrected chi connectivity index (χ4v) is 3.61. The van der Waals surface area contributed by atoms with Gasteiger partial charge in [0.05, 0.1) is 16.6 Å². The van der Waals surface area contributed by atoms with Gasteiger partial charge in [-0.2, -0.15) is 0 Å². The SMILES string of the molecule is CC1(C)CN(C(=O)Cn2c(C3CC3)nc3ccccc32)CC1(C)O. The number of carbonyl (C=O) groups is 1. The van der Waals surface area contributed by atoms with E-state index in [4.69, 9.17) is 4.98 Å². The number of aliphatic hydroxyl groups is 1. The van der Waals surface area contributed by atoms with Gasteiger partial charge in [0.1, 0.15) is 12.4 Å². The van der Waals surface area contributed by atoms with Crippen molar-refractivity contribution in [3.05, 3.63) is 30.1 Å². The van der Waals surface area contributed by atoms with E-state index in [1.165, 1.54) is 0 Å². The lowest BCUT2D eigenvalue weighted by atomic mass is 9.79. The number of para-hydroxylation sites is 2. The van der Waals surface area contributed by atoms with Crippen LogP contribution in [0.1, 0.15) is 45.4 Å². The maximum atomic E-state index is 12.9. The lowest BCUT2D eigenvalue weighted by Crippen LogP contribution is -2.40. The standard InChI is InChI=1S/C19H25N3O2/c1-18(2)11-21(12-19(18,3)24)16(23)10-22-15-7-5-4-6-14(15)20-17(22)13-8-9-13/h4-7,13,24H,8-12H2,1-3H3. The van der Waals surface area contributed by atoms with Gasteiger partial charge in [-0.3, -0.25) is 4.79 Å². The molecule has 1 amide bonds. The number of nitrogens with zero attached hydrogens (tertiary/aromatic N) is 3. The zero-order valence-electron chi connectivity index (χ0n) is 14.6. The van der Waals surface area contributed by atoms with Gasteiger partial charge in [0.15, 0.2) is 0 Å². The Bertz CT molecular complexity index is 786. The number of aromatic nitrogens is 2. The van der Waals surface area contributed by atoms with Crippen LogP contribution in [-0.4, -0.2) is 44.2 Å². The first kappa shape index (κ1) is 15.6. The van der Waals surface area contributed by atoms with Gasteiger partial charge in [-0.25, -0.2) is 4.98 Å². The van der Waals surface area contributed by atoms with Gasteiger partial charge in [-0.15, -0.1) is 0 Å². The van der Waals surface area contributed by atoms with E-state index in [9.17, 15) is 9.90 Å². The summed E-state index contributed by atoms with van der Waals surface area (Å²) in [6.07, 6.45) is 2.31. The molecule has 0 bridgehead atoms. The molecule has 2 aromatic rings. The summed E-state index contributed by atoms with van der Waals surface area (Å²) < 4.78 is 2.08. The van der Waals surface area contributed by atoms with E-state index in [2.05, 4.69) is 4.57 Å². The summed E-state index contributed by atoms with van der Waals surface area (Å²) in [5.74, 6) is 1.59. The molecule has 1 atom stereocenters. The van der Waals surface area contributed by atoms with Crippen LogP contribution in [0.4, 0.5) is 0 Å². The first-order chi connectivity index (χ1) is 11.3. The molecule has 2 aliphatic rings. The van der Waals surface area contributed by atoms with Crippen LogP contribution in [0, 0.1) is 5.41 Å². The fourth-order valence-electron chi connectivity index (χ4n) is 3.61. The maximum Gasteiger partial charge on any atom is 0.242 e. The highest BCUT2D eigenvalue weighted by Crippen LogP contribution is 2.41. The number of imidazole rings is 1. The van der Waals surface area contributed by atoms with Crippen molar-refractivity contribution in [2.75, 3.05) is 13.1 Å². The third-order valence-electron chi connectivity index (χ3n) is 5.82. The second-order valence-electron chi connectivity index (χ2n) is 8.23. The smallest absolute Gasteiger partial charge is 0.242 e. The Morgan fingerprint density at radius 2 is 1.96 bits per heavy atom. The Labute approximate surface area is 142 Å². The molecule has 5 nitrogen and oxygen atoms in total. The third kappa shape index (κ3) is 2.42. The van der Waals surface area contributed by atoms with Crippen LogP contribution < -0.4 is 0 Å². The van der Waals surface area contributed by atoms with Gasteiger partial charge >= 0.3 is 0 Å². The van der Waals surface area contributed by atoms with Crippen molar-refractivity contribution < 1.29 is 9.90 Å². The predicted molar refractivity (Wildman–Crippen MR) is 92.7 cm³/mol. The van der Waals surface area contributed by atoms with Gasteiger partial charge in [-0.05, 0) is 31.9 Å². The summed E-state index contributed by atoms with van der Waals surface area (Å²) in [4.78, 5) is 19.4. The monoisotopic (exact) mass is 327 g/mol. The number of rotatable bonds is 3. The van der Waals surface area contributed by atoms with E-state index in [1.807, 2.05) is 45.0 Å². The Morgan fingerprint density at radius 1 is 1.25 bits per heavy atom. The van der Waals surface area contributed by atoms with Crippen LogP contribution in [-0.2, 0) is 11.3 Å². The molecule has 0 spiro atoms. The van der Waals surface area contributed by atoms with Gasteiger partial charge in [0, 0.05) is 24.4 Å². The highest BCUT2D eigenvalue weighted by atomic mass is 16.3. The van der Waals surface area contributed by atoms with E-state index in [0.29, 0.717) is 25.6 Å². The minimum absolute atomic E-state index is 0.0610. The summed E-state index contributed by atoms with van der Waals surface area (Å²) in [5.41, 5.74) is 0.844. The van der Waals surface area contributed by atoms with Crippen LogP contribution >= 0.6 is 0 Å². The molecule has 4 rings (SSSR count). The second-order valence-corrected chi connectivity index (χ2v) is 8.23. The minimum Gasteiger partial charge on any atom is -0.388 e. The average molecular weight is 327 g/mol. The molecule has 1 saturated heterocycles. The van der Waals surface area contributed by atoms with Crippen LogP contribution in [0.2, 0.25) is 0 Å². The van der Waals surface area contributed by atoms with Gasteiger partial charge in [0.2, 0.25) is 5.91 Å². The summed E-state index contributed by atoms with van der Waals surface area (Å²) in [5, 5.41) is 10.6. The number of hydrogen-bond acceptors (Lipinski definition) is 3. The highest BCUT2D eigenvalue weighted by Gasteiger charge is 2.49. The first-order valence-corrected chi connectivity index (χ1v) is 8.74. The molecular weight excluding hydrogens is 302 g/mol. The maximum absolute atomic E-state index is 12.9. The van der Waals surface area contributed by atoms with E-state index < -0.39 is 5.60 Å². The largest absolute Gasteiger partial charge is 0.388 e. The third-order valence-corrected chi connectivity index (χ3v) is 5.82. The molecule has 24 heavy (non-hydrogen) atoms. The Balaban J connectivity index is 1.63. The molecule has 128 valence electrons. The molecule has 1 aliphatic heterocycles. The molecule has 1 aromatic heterocycles. The molecule has 1 aromatic carbocycles. The van der Waals surface area contributed by atoms with Crippen molar-refractivity contribution in [1.29, 1.82) is 0 Å². The number of likely N-dealkylation sites (tertiary alicyclic amines) is 1. The first-order valence-electron chi connectivity index (χ1n) is 8.74. The zero-order valence-corrected chi connectivity index (χ0v) is 14.6. The number of amides is 1. The summed E-state index contributed by atoms with van der Waals surface area (Å²) in [6, 6.07) is 8.02. The topological polar surface area (TPSA) is 58.4 Å². The molecule has 5 heteroatoms. The summed E-state index contributed by atoms with van der Waals surface area (Å²) in [6.45, 7) is 7.14. The molecule has 2 heterocycles. The predicted octanol–water partition coefficient (Wildman–Crippen LogP) is 2.53. The van der Waals surface area contributed by atoms with Crippen molar-refractivity contribution >= 4 is 16.9 Å². The molecule has 1 saturated carbocycles. The highest BCUT2D eigenvalue weighted by molar-refractivity contribution is 5.81. The van der Waals surface area contributed by atoms with Crippen molar-refractivity contribution in [2.45, 2.75) is 51.7 Å². The summed E-state index contributed by atoms with van der Waals surface area (Å²) >= 11 is 0. The van der Waals surface area contributed by atoms with Crippen molar-refractivity contribution in [3.8, 4) is 0 Å². The van der Waals surface area contributed by atoms with Gasteiger partial charge in [0.25, 0.3) is 0 Å². The Hall–Kier alpha value is -1.88. The van der Waals surface area contributed by atoms with E-state index in [0.717, 1.165) is 29.7 Å². The molecule has 0 radical (unpaired) electrons. The van der Waals surface area contributed by atoms with Gasteiger partial charge in [-0.1, -0.05) is 26.0 Å². The summed E-state index contributed by atoms with van der Waals surface area (Å²) in [7, 11) is 0. The van der Waals surface area contributed by atoms with Crippen LogP contribution in [0.3, 0.4) is 0 Å². The number of fused-ring (bicyclic) bond motifs is 1.